The number of nitrogens with one attached hydrogen (secondary N) is 1. The number of nitrogens with two attached hydrogens (primary N) is 1. The molecule has 0 atom stereocenters. The Morgan fingerprint density at radius 1 is 1.23 bits per heavy atom. The summed E-state index contributed by atoms with van der Waals surface area (Å²) >= 11 is 0. The van der Waals surface area contributed by atoms with Crippen LogP contribution in [-0.2, 0) is 0 Å². The van der Waals surface area contributed by atoms with Crippen LogP contribution in [0.5, 0.6) is 5.75 Å². The number of benzene rings is 2. The molecule has 0 unspecified atom stereocenters. The van der Waals surface area contributed by atoms with Gasteiger partial charge in [0.25, 0.3) is 5.91 Å². The van der Waals surface area contributed by atoms with Crippen molar-refractivity contribution in [3.8, 4) is 11.4 Å². The molecule has 30 heavy (non-hydrogen) atoms. The molecule has 0 aliphatic heterocycles. The van der Waals surface area contributed by atoms with Gasteiger partial charge in [0.1, 0.15) is 11.6 Å². The van der Waals surface area contributed by atoms with Crippen LogP contribution in [0.2, 0.25) is 0 Å². The summed E-state index contributed by atoms with van der Waals surface area (Å²) in [6.07, 6.45) is 4.77. The molecular weight excluding hydrogens is 380 g/mol. The van der Waals surface area contributed by atoms with Crippen LogP contribution < -0.4 is 15.8 Å². The van der Waals surface area contributed by atoms with Gasteiger partial charge in [0, 0.05) is 17.2 Å². The highest BCUT2D eigenvalue weighted by Crippen LogP contribution is 2.25. The first kappa shape index (κ1) is 19.4. The topological polar surface area (TPSA) is 99.2 Å². The fourth-order valence-corrected chi connectivity index (χ4v) is 3.16. The van der Waals surface area contributed by atoms with Crippen molar-refractivity contribution in [2.24, 2.45) is 0 Å². The smallest absolute Gasteiger partial charge is 0.251 e. The third kappa shape index (κ3) is 3.82. The molecule has 4 rings (SSSR count). The molecule has 1 saturated carbocycles. The molecule has 0 saturated heterocycles. The van der Waals surface area contributed by atoms with E-state index in [1.54, 1.807) is 36.4 Å². The normalized spacial score (nSPS) is 13.0. The summed E-state index contributed by atoms with van der Waals surface area (Å²) in [6, 6.07) is 12.4. The van der Waals surface area contributed by atoms with Gasteiger partial charge in [-0.05, 0) is 49.6 Å². The predicted molar refractivity (Wildman–Crippen MR) is 114 cm³/mol. The second-order valence-electron chi connectivity index (χ2n) is 7.25. The van der Waals surface area contributed by atoms with Gasteiger partial charge in [0.2, 0.25) is 0 Å². The number of rotatable bonds is 7. The zero-order valence-corrected chi connectivity index (χ0v) is 16.6. The Hall–Kier alpha value is -3.87. The number of aromatic nitrogens is 2. The van der Waals surface area contributed by atoms with Gasteiger partial charge < -0.3 is 15.8 Å². The Bertz CT molecular complexity index is 1150. The number of anilines is 1. The van der Waals surface area contributed by atoms with E-state index < -0.39 is 0 Å². The summed E-state index contributed by atoms with van der Waals surface area (Å²) < 4.78 is 6.73. The first-order valence-corrected chi connectivity index (χ1v) is 9.65. The van der Waals surface area contributed by atoms with Crippen molar-refractivity contribution < 1.29 is 14.3 Å². The van der Waals surface area contributed by atoms with Crippen molar-refractivity contribution in [2.75, 3.05) is 5.73 Å². The molecule has 1 amide bonds. The average molecular weight is 402 g/mol. The largest absolute Gasteiger partial charge is 0.466 e. The van der Waals surface area contributed by atoms with Gasteiger partial charge in [-0.2, -0.15) is 5.10 Å². The average Bonchev–Trinajstić information content (AvgIpc) is 3.48. The highest BCUT2D eigenvalue weighted by Gasteiger charge is 2.24. The van der Waals surface area contributed by atoms with Crippen molar-refractivity contribution in [3.63, 3.8) is 0 Å². The minimum Gasteiger partial charge on any atom is -0.466 e. The first-order chi connectivity index (χ1) is 14.5. The number of amides is 1. The van der Waals surface area contributed by atoms with Crippen molar-refractivity contribution in [1.82, 2.24) is 15.1 Å². The second-order valence-corrected chi connectivity index (χ2v) is 7.25. The van der Waals surface area contributed by atoms with Crippen LogP contribution >= 0.6 is 0 Å². The van der Waals surface area contributed by atoms with Crippen molar-refractivity contribution in [2.45, 2.75) is 25.8 Å². The quantitative estimate of drug-likeness (QED) is 0.466. The van der Waals surface area contributed by atoms with E-state index in [0.717, 1.165) is 18.4 Å². The van der Waals surface area contributed by atoms with Crippen LogP contribution in [-0.4, -0.2) is 27.5 Å². The predicted octanol–water partition coefficient (Wildman–Crippen LogP) is 3.41. The zero-order chi connectivity index (χ0) is 21.3. The van der Waals surface area contributed by atoms with Gasteiger partial charge in [-0.15, -0.1) is 0 Å². The van der Waals surface area contributed by atoms with Gasteiger partial charge in [-0.3, -0.25) is 9.59 Å². The van der Waals surface area contributed by atoms with Crippen LogP contribution in [0.4, 0.5) is 5.82 Å². The maximum atomic E-state index is 13.0. The van der Waals surface area contributed by atoms with Gasteiger partial charge in [0.15, 0.2) is 5.78 Å². The molecule has 1 aliphatic carbocycles. The summed E-state index contributed by atoms with van der Waals surface area (Å²) in [6.45, 7) is 5.42. The van der Waals surface area contributed by atoms with Crippen LogP contribution in [0.3, 0.4) is 0 Å². The van der Waals surface area contributed by atoms with E-state index in [2.05, 4.69) is 17.0 Å². The van der Waals surface area contributed by atoms with Crippen molar-refractivity contribution in [3.05, 3.63) is 83.8 Å². The third-order valence-electron chi connectivity index (χ3n) is 4.98. The minimum absolute atomic E-state index is 0.125. The number of hydrogen-bond acceptors (Lipinski definition) is 5. The van der Waals surface area contributed by atoms with E-state index in [0.29, 0.717) is 22.6 Å². The van der Waals surface area contributed by atoms with Crippen molar-refractivity contribution >= 4 is 17.5 Å². The Kier molecular flexibility index (Phi) is 5.10. The highest BCUT2D eigenvalue weighted by atomic mass is 16.5. The monoisotopic (exact) mass is 402 g/mol. The lowest BCUT2D eigenvalue weighted by Crippen LogP contribution is -2.25. The summed E-state index contributed by atoms with van der Waals surface area (Å²) in [5.74, 6) is 0.318. The van der Waals surface area contributed by atoms with E-state index in [1.165, 1.54) is 17.1 Å². The number of carbonyl (C=O) groups is 2. The maximum absolute atomic E-state index is 13.0. The Labute approximate surface area is 174 Å². The molecule has 1 aliphatic rings. The molecule has 0 spiro atoms. The lowest BCUT2D eigenvalue weighted by atomic mass is 10.1. The van der Waals surface area contributed by atoms with Gasteiger partial charge in [-0.1, -0.05) is 24.8 Å². The molecule has 1 fully saturated rings. The summed E-state index contributed by atoms with van der Waals surface area (Å²) in [4.78, 5) is 25.4. The molecule has 152 valence electrons. The first-order valence-electron chi connectivity index (χ1n) is 9.65. The molecular formula is C23H22N4O3. The third-order valence-corrected chi connectivity index (χ3v) is 4.98. The number of hydrogen-bond donors (Lipinski definition) is 2. The lowest BCUT2D eigenvalue weighted by Gasteiger charge is -2.11. The molecule has 3 N–H and O–H groups in total. The van der Waals surface area contributed by atoms with E-state index in [-0.39, 0.29) is 29.1 Å². The van der Waals surface area contributed by atoms with Crippen LogP contribution in [0.1, 0.15) is 44.7 Å². The Morgan fingerprint density at radius 2 is 2.03 bits per heavy atom. The molecule has 7 heteroatoms. The fourth-order valence-electron chi connectivity index (χ4n) is 3.16. The second kappa shape index (κ2) is 7.87. The van der Waals surface area contributed by atoms with E-state index in [4.69, 9.17) is 10.5 Å². The SMILES string of the molecule is C=COc1cccc(C(=O)c2cnn(-c3cc(C(=O)NC4CC4)ccc3C)c2N)c1. The molecule has 1 aromatic heterocycles. The minimum atomic E-state index is -0.270. The number of ketones is 1. The molecule has 0 bridgehead atoms. The van der Waals surface area contributed by atoms with Gasteiger partial charge in [0.05, 0.1) is 23.7 Å². The summed E-state index contributed by atoms with van der Waals surface area (Å²) in [5, 5.41) is 7.29. The lowest BCUT2D eigenvalue weighted by molar-refractivity contribution is 0.0950. The van der Waals surface area contributed by atoms with E-state index in [9.17, 15) is 9.59 Å². The van der Waals surface area contributed by atoms with E-state index >= 15 is 0 Å². The maximum Gasteiger partial charge on any atom is 0.251 e. The molecule has 2 aromatic carbocycles. The zero-order valence-electron chi connectivity index (χ0n) is 16.6. The fraction of sp³-hybridized carbons (Fsp3) is 0.174. The number of nitrogens with zero attached hydrogens (tertiary/aromatic N) is 2. The summed E-state index contributed by atoms with van der Waals surface area (Å²) in [5.41, 5.74) is 9.05. The van der Waals surface area contributed by atoms with Gasteiger partial charge in [-0.25, -0.2) is 4.68 Å². The van der Waals surface area contributed by atoms with Crippen LogP contribution in [0.15, 0.2) is 61.5 Å². The standard InChI is InChI=1S/C23H22N4O3/c1-3-30-18-6-4-5-15(11-18)21(28)19-13-25-27(22(19)24)20-12-16(8-7-14(20)2)23(29)26-17-9-10-17/h3-8,11-13,17H,1,9-10,24H2,2H3,(H,26,29). The van der Waals surface area contributed by atoms with Gasteiger partial charge >= 0.3 is 0 Å². The van der Waals surface area contributed by atoms with Crippen LogP contribution in [0.25, 0.3) is 5.69 Å². The number of carbonyl (C=O) groups excluding carboxylic acids is 2. The van der Waals surface area contributed by atoms with Crippen LogP contribution in [0, 0.1) is 6.92 Å². The highest BCUT2D eigenvalue weighted by molar-refractivity contribution is 6.11. The number of ether oxygens (including phenoxy) is 1. The Balaban J connectivity index is 1.66. The molecule has 1 heterocycles. The van der Waals surface area contributed by atoms with E-state index in [1.807, 2.05) is 13.0 Å². The number of aryl methyl sites for hydroxylation is 1. The molecule has 0 radical (unpaired) electrons. The van der Waals surface area contributed by atoms with Crippen molar-refractivity contribution in [1.29, 1.82) is 0 Å². The molecule has 3 aromatic rings. The summed E-state index contributed by atoms with van der Waals surface area (Å²) in [7, 11) is 0. The molecule has 7 nitrogen and oxygen atoms in total. The number of nitrogen functional groups attached to an aromatic ring is 1. The Morgan fingerprint density at radius 3 is 2.77 bits per heavy atom.